The molecule has 1 amide bonds. The van der Waals surface area contributed by atoms with Crippen molar-refractivity contribution in [2.24, 2.45) is 0 Å². The van der Waals surface area contributed by atoms with Gasteiger partial charge in [-0.25, -0.2) is 8.42 Å². The van der Waals surface area contributed by atoms with Crippen molar-refractivity contribution in [1.82, 2.24) is 9.21 Å². The fraction of sp³-hybridized carbons (Fsp3) is 0.286. The fourth-order valence-corrected chi connectivity index (χ4v) is 5.14. The van der Waals surface area contributed by atoms with E-state index in [1.807, 2.05) is 0 Å². The van der Waals surface area contributed by atoms with Crippen LogP contribution in [0.15, 0.2) is 57.9 Å². The Morgan fingerprint density at radius 2 is 1.63 bits per heavy atom. The van der Waals surface area contributed by atoms with Crippen LogP contribution < -0.4 is 9.47 Å². The molecule has 1 aliphatic rings. The van der Waals surface area contributed by atoms with Crippen LogP contribution in [0.5, 0.6) is 11.5 Å². The van der Waals surface area contributed by atoms with Crippen molar-refractivity contribution in [2.75, 3.05) is 40.4 Å². The molecule has 1 saturated heterocycles. The SMILES string of the molecule is COc1cc(/C=C/C(=O)N2CCN(S(=O)(=O)c3cccc(Br)c3)CC2)cc(OC)c1. The van der Waals surface area contributed by atoms with Crippen LogP contribution in [0.4, 0.5) is 0 Å². The highest BCUT2D eigenvalue weighted by atomic mass is 79.9. The van der Waals surface area contributed by atoms with Crippen LogP contribution in [-0.2, 0) is 14.8 Å². The van der Waals surface area contributed by atoms with Gasteiger partial charge in [0.25, 0.3) is 0 Å². The Bertz CT molecular complexity index is 1020. The average molecular weight is 495 g/mol. The summed E-state index contributed by atoms with van der Waals surface area (Å²) in [4.78, 5) is 14.4. The lowest BCUT2D eigenvalue weighted by molar-refractivity contribution is -0.127. The van der Waals surface area contributed by atoms with Gasteiger partial charge in [-0.1, -0.05) is 22.0 Å². The van der Waals surface area contributed by atoms with E-state index in [9.17, 15) is 13.2 Å². The summed E-state index contributed by atoms with van der Waals surface area (Å²) < 4.78 is 38.2. The first-order chi connectivity index (χ1) is 14.3. The molecule has 1 aliphatic heterocycles. The molecular formula is C21H23BrN2O5S. The normalized spacial score (nSPS) is 15.4. The molecule has 2 aromatic rings. The van der Waals surface area contributed by atoms with Crippen LogP contribution in [0.3, 0.4) is 0 Å². The summed E-state index contributed by atoms with van der Waals surface area (Å²) in [6.45, 7) is 1.17. The van der Waals surface area contributed by atoms with E-state index in [1.54, 1.807) is 67.7 Å². The minimum Gasteiger partial charge on any atom is -0.497 e. The van der Waals surface area contributed by atoms with Gasteiger partial charge in [-0.2, -0.15) is 4.31 Å². The van der Waals surface area contributed by atoms with E-state index >= 15 is 0 Å². The van der Waals surface area contributed by atoms with Crippen molar-refractivity contribution < 1.29 is 22.7 Å². The molecule has 0 bridgehead atoms. The Morgan fingerprint density at radius 1 is 1.00 bits per heavy atom. The van der Waals surface area contributed by atoms with Gasteiger partial charge < -0.3 is 14.4 Å². The maximum Gasteiger partial charge on any atom is 0.246 e. The number of sulfonamides is 1. The van der Waals surface area contributed by atoms with Gasteiger partial charge in [-0.15, -0.1) is 0 Å². The maximum atomic E-state index is 12.8. The number of ether oxygens (including phenoxy) is 2. The first-order valence-electron chi connectivity index (χ1n) is 9.29. The maximum absolute atomic E-state index is 12.8. The van der Waals surface area contributed by atoms with Crippen LogP contribution in [-0.4, -0.2) is 63.9 Å². The Morgan fingerprint density at radius 3 is 2.20 bits per heavy atom. The minimum absolute atomic E-state index is 0.170. The van der Waals surface area contributed by atoms with Crippen LogP contribution >= 0.6 is 15.9 Å². The van der Waals surface area contributed by atoms with E-state index in [1.165, 1.54) is 10.4 Å². The van der Waals surface area contributed by atoms with Crippen molar-refractivity contribution in [3.05, 3.63) is 58.6 Å². The molecule has 30 heavy (non-hydrogen) atoms. The van der Waals surface area contributed by atoms with Gasteiger partial charge >= 0.3 is 0 Å². The molecular weight excluding hydrogens is 472 g/mol. The molecule has 0 atom stereocenters. The van der Waals surface area contributed by atoms with Gasteiger partial charge in [0.1, 0.15) is 11.5 Å². The van der Waals surface area contributed by atoms with Crippen molar-refractivity contribution in [3.63, 3.8) is 0 Å². The summed E-state index contributed by atoms with van der Waals surface area (Å²) in [5, 5.41) is 0. The van der Waals surface area contributed by atoms with Crippen molar-refractivity contribution in [1.29, 1.82) is 0 Å². The molecule has 9 heteroatoms. The van der Waals surface area contributed by atoms with E-state index in [-0.39, 0.29) is 23.9 Å². The fourth-order valence-electron chi connectivity index (χ4n) is 3.12. The third-order valence-corrected chi connectivity index (χ3v) is 7.16. The third-order valence-electron chi connectivity index (χ3n) is 4.78. The summed E-state index contributed by atoms with van der Waals surface area (Å²) in [6, 6.07) is 12.0. The molecule has 0 aliphatic carbocycles. The Kier molecular flexibility index (Phi) is 7.17. The van der Waals surface area contributed by atoms with Crippen LogP contribution in [0.1, 0.15) is 5.56 Å². The minimum atomic E-state index is -3.58. The van der Waals surface area contributed by atoms with E-state index in [4.69, 9.17) is 9.47 Å². The van der Waals surface area contributed by atoms with Crippen LogP contribution in [0.2, 0.25) is 0 Å². The van der Waals surface area contributed by atoms with E-state index in [0.29, 0.717) is 29.1 Å². The zero-order valence-corrected chi connectivity index (χ0v) is 19.1. The number of halogens is 1. The highest BCUT2D eigenvalue weighted by Crippen LogP contribution is 2.24. The van der Waals surface area contributed by atoms with Gasteiger partial charge in [0, 0.05) is 42.8 Å². The number of hydrogen-bond acceptors (Lipinski definition) is 5. The predicted molar refractivity (Wildman–Crippen MR) is 118 cm³/mol. The molecule has 160 valence electrons. The molecule has 0 N–H and O–H groups in total. The summed E-state index contributed by atoms with van der Waals surface area (Å²) in [7, 11) is -0.456. The van der Waals surface area contributed by atoms with Gasteiger partial charge in [-0.05, 0) is 42.0 Å². The van der Waals surface area contributed by atoms with E-state index in [2.05, 4.69) is 15.9 Å². The van der Waals surface area contributed by atoms with Crippen LogP contribution in [0.25, 0.3) is 6.08 Å². The molecule has 1 heterocycles. The topological polar surface area (TPSA) is 76.2 Å². The number of methoxy groups -OCH3 is 2. The number of carbonyl (C=O) groups excluding carboxylic acids is 1. The monoisotopic (exact) mass is 494 g/mol. The number of rotatable bonds is 6. The molecule has 0 spiro atoms. The average Bonchev–Trinajstić information content (AvgIpc) is 2.77. The standard InChI is InChI=1S/C21H23BrN2O5S/c1-28-18-12-16(13-19(15-18)29-2)6-7-21(25)23-8-10-24(11-9-23)30(26,27)20-5-3-4-17(22)14-20/h3-7,12-15H,8-11H2,1-2H3/b7-6+. The Hall–Kier alpha value is -2.36. The summed E-state index contributed by atoms with van der Waals surface area (Å²) in [5.74, 6) is 1.09. The predicted octanol–water partition coefficient (Wildman–Crippen LogP) is 3.01. The molecule has 3 rings (SSSR count). The van der Waals surface area contributed by atoms with Gasteiger partial charge in [0.05, 0.1) is 19.1 Å². The van der Waals surface area contributed by atoms with E-state index < -0.39 is 10.0 Å². The first-order valence-corrected chi connectivity index (χ1v) is 11.5. The number of nitrogens with zero attached hydrogens (tertiary/aromatic N) is 2. The van der Waals surface area contributed by atoms with Gasteiger partial charge in [0.15, 0.2) is 0 Å². The van der Waals surface area contributed by atoms with Crippen molar-refractivity contribution >= 4 is 37.9 Å². The number of carbonyl (C=O) groups is 1. The van der Waals surface area contributed by atoms with Gasteiger partial charge in [0.2, 0.25) is 15.9 Å². The van der Waals surface area contributed by atoms with Gasteiger partial charge in [-0.3, -0.25) is 4.79 Å². The number of piperazine rings is 1. The quantitative estimate of drug-likeness (QED) is 0.576. The lowest BCUT2D eigenvalue weighted by Crippen LogP contribution is -2.50. The molecule has 0 saturated carbocycles. The molecule has 1 fully saturated rings. The zero-order valence-electron chi connectivity index (χ0n) is 16.7. The highest BCUT2D eigenvalue weighted by molar-refractivity contribution is 9.10. The highest BCUT2D eigenvalue weighted by Gasteiger charge is 2.29. The molecule has 0 aromatic heterocycles. The summed E-state index contributed by atoms with van der Waals surface area (Å²) in [5.41, 5.74) is 0.774. The number of amides is 1. The summed E-state index contributed by atoms with van der Waals surface area (Å²) >= 11 is 3.30. The second kappa shape index (κ2) is 9.63. The lowest BCUT2D eigenvalue weighted by atomic mass is 10.2. The second-order valence-corrected chi connectivity index (χ2v) is 9.52. The lowest BCUT2D eigenvalue weighted by Gasteiger charge is -2.33. The first kappa shape index (κ1) is 22.3. The van der Waals surface area contributed by atoms with Crippen LogP contribution in [0, 0.1) is 0 Å². The Balaban J connectivity index is 1.64. The molecule has 0 radical (unpaired) electrons. The molecule has 7 nitrogen and oxygen atoms in total. The third kappa shape index (κ3) is 5.21. The summed E-state index contributed by atoms with van der Waals surface area (Å²) in [6.07, 6.45) is 3.17. The smallest absolute Gasteiger partial charge is 0.246 e. The van der Waals surface area contributed by atoms with E-state index in [0.717, 1.165) is 5.56 Å². The van der Waals surface area contributed by atoms with Crippen molar-refractivity contribution in [2.45, 2.75) is 4.90 Å². The number of benzene rings is 2. The molecule has 0 unspecified atom stereocenters. The van der Waals surface area contributed by atoms with Crippen molar-refractivity contribution in [3.8, 4) is 11.5 Å². The number of hydrogen-bond donors (Lipinski definition) is 0. The largest absolute Gasteiger partial charge is 0.497 e. The Labute approximate surface area is 185 Å². The zero-order chi connectivity index (χ0) is 21.7. The molecule has 2 aromatic carbocycles. The second-order valence-electron chi connectivity index (χ2n) is 6.67.